The highest BCUT2D eigenvalue weighted by molar-refractivity contribution is 5.78. The molecule has 0 saturated carbocycles. The Morgan fingerprint density at radius 2 is 1.79 bits per heavy atom. The highest BCUT2D eigenvalue weighted by Crippen LogP contribution is 2.33. The lowest BCUT2D eigenvalue weighted by Gasteiger charge is -2.06. The van der Waals surface area contributed by atoms with E-state index in [0.29, 0.717) is 23.4 Å². The number of aromatic nitrogens is 2. The number of nitrogens with zero attached hydrogens (tertiary/aromatic N) is 4. The predicted octanol–water partition coefficient (Wildman–Crippen LogP) is 5.05. The second kappa shape index (κ2) is 7.79. The van der Waals surface area contributed by atoms with E-state index in [-0.39, 0.29) is 10.6 Å². The van der Waals surface area contributed by atoms with Crippen LogP contribution < -0.4 is 0 Å². The maximum atomic E-state index is 11.6. The van der Waals surface area contributed by atoms with Crippen LogP contribution in [0.5, 0.6) is 0 Å². The Bertz CT molecular complexity index is 1220. The number of nitro groups is 1. The van der Waals surface area contributed by atoms with Gasteiger partial charge in [0.15, 0.2) is 0 Å². The summed E-state index contributed by atoms with van der Waals surface area (Å²) in [6.45, 7) is 0.474. The van der Waals surface area contributed by atoms with Crippen molar-refractivity contribution < 1.29 is 4.92 Å². The van der Waals surface area contributed by atoms with Crippen molar-refractivity contribution in [2.45, 2.75) is 6.54 Å². The van der Waals surface area contributed by atoms with Crippen LogP contribution >= 0.6 is 0 Å². The van der Waals surface area contributed by atoms with Crippen molar-refractivity contribution >= 4 is 5.69 Å². The molecule has 0 bridgehead atoms. The van der Waals surface area contributed by atoms with Crippen molar-refractivity contribution in [2.75, 3.05) is 0 Å². The third kappa shape index (κ3) is 3.89. The van der Waals surface area contributed by atoms with E-state index < -0.39 is 0 Å². The molecule has 0 N–H and O–H groups in total. The SMILES string of the molecule is N#Cc1cccc(Cn2ccc(-c3cc(-c4ccccc4)ccc3[N+](=O)[O-])n2)c1. The molecule has 6 nitrogen and oxygen atoms in total. The predicted molar refractivity (Wildman–Crippen MR) is 110 cm³/mol. The Morgan fingerprint density at radius 3 is 2.55 bits per heavy atom. The first kappa shape index (κ1) is 18.1. The van der Waals surface area contributed by atoms with E-state index in [1.807, 2.05) is 42.5 Å². The standard InChI is InChI=1S/C23H16N4O2/c24-15-17-5-4-6-18(13-17)16-26-12-11-22(25-26)21-14-20(9-10-23(21)27(28)29)19-7-2-1-3-8-19/h1-14H,16H2. The maximum absolute atomic E-state index is 11.6. The summed E-state index contributed by atoms with van der Waals surface area (Å²) in [6, 6.07) is 26.0. The Morgan fingerprint density at radius 1 is 0.966 bits per heavy atom. The van der Waals surface area contributed by atoms with Gasteiger partial charge in [-0.1, -0.05) is 42.5 Å². The van der Waals surface area contributed by atoms with E-state index in [9.17, 15) is 10.1 Å². The summed E-state index contributed by atoms with van der Waals surface area (Å²) < 4.78 is 1.71. The van der Waals surface area contributed by atoms with Gasteiger partial charge >= 0.3 is 0 Å². The Labute approximate surface area is 167 Å². The summed E-state index contributed by atoms with van der Waals surface area (Å²) in [7, 11) is 0. The normalized spacial score (nSPS) is 10.4. The minimum atomic E-state index is -0.389. The van der Waals surface area contributed by atoms with Crippen LogP contribution in [0.1, 0.15) is 11.1 Å². The maximum Gasteiger partial charge on any atom is 0.278 e. The zero-order chi connectivity index (χ0) is 20.2. The van der Waals surface area contributed by atoms with Crippen LogP contribution in [0, 0.1) is 21.4 Å². The molecular weight excluding hydrogens is 364 g/mol. The van der Waals surface area contributed by atoms with Gasteiger partial charge in [-0.25, -0.2) is 0 Å². The van der Waals surface area contributed by atoms with E-state index in [1.165, 1.54) is 6.07 Å². The van der Waals surface area contributed by atoms with Gasteiger partial charge in [0, 0.05) is 12.3 Å². The molecule has 4 aromatic rings. The van der Waals surface area contributed by atoms with E-state index in [1.54, 1.807) is 41.2 Å². The van der Waals surface area contributed by atoms with Gasteiger partial charge in [-0.05, 0) is 47.0 Å². The van der Waals surface area contributed by atoms with Crippen LogP contribution in [0.15, 0.2) is 85.1 Å². The number of hydrogen-bond acceptors (Lipinski definition) is 4. The summed E-state index contributed by atoms with van der Waals surface area (Å²) in [5, 5.41) is 25.1. The minimum Gasteiger partial charge on any atom is -0.268 e. The average molecular weight is 380 g/mol. The van der Waals surface area contributed by atoms with Crippen molar-refractivity contribution in [1.82, 2.24) is 9.78 Å². The molecule has 0 aliphatic rings. The summed E-state index contributed by atoms with van der Waals surface area (Å²) in [6.07, 6.45) is 1.79. The third-order valence-electron chi connectivity index (χ3n) is 4.62. The average Bonchev–Trinajstić information content (AvgIpc) is 3.22. The lowest BCUT2D eigenvalue weighted by atomic mass is 10.0. The Balaban J connectivity index is 1.70. The van der Waals surface area contributed by atoms with Gasteiger partial charge in [0.25, 0.3) is 5.69 Å². The molecule has 6 heteroatoms. The van der Waals surface area contributed by atoms with Crippen LogP contribution in [0.25, 0.3) is 22.4 Å². The molecule has 0 aliphatic heterocycles. The van der Waals surface area contributed by atoms with Gasteiger partial charge in [-0.15, -0.1) is 0 Å². The summed E-state index contributed by atoms with van der Waals surface area (Å²) >= 11 is 0. The molecule has 0 amide bonds. The molecule has 0 saturated heterocycles. The van der Waals surface area contributed by atoms with Crippen molar-refractivity contribution in [3.63, 3.8) is 0 Å². The molecule has 3 aromatic carbocycles. The largest absolute Gasteiger partial charge is 0.278 e. The third-order valence-corrected chi connectivity index (χ3v) is 4.62. The fourth-order valence-electron chi connectivity index (χ4n) is 3.23. The van der Waals surface area contributed by atoms with Gasteiger partial charge in [-0.3, -0.25) is 14.8 Å². The summed E-state index contributed by atoms with van der Waals surface area (Å²) in [4.78, 5) is 11.2. The van der Waals surface area contributed by atoms with Crippen LogP contribution in [0.2, 0.25) is 0 Å². The second-order valence-corrected chi connectivity index (χ2v) is 6.57. The first-order chi connectivity index (χ1) is 14.1. The fourth-order valence-corrected chi connectivity index (χ4v) is 3.23. The molecule has 0 fully saturated rings. The molecule has 0 spiro atoms. The van der Waals surface area contributed by atoms with Crippen molar-refractivity contribution in [1.29, 1.82) is 5.26 Å². The minimum absolute atomic E-state index is 0.0152. The zero-order valence-corrected chi connectivity index (χ0v) is 15.4. The monoisotopic (exact) mass is 380 g/mol. The van der Waals surface area contributed by atoms with Crippen molar-refractivity contribution in [3.05, 3.63) is 106 Å². The topological polar surface area (TPSA) is 84.8 Å². The summed E-state index contributed by atoms with van der Waals surface area (Å²) in [5.41, 5.74) is 4.42. The zero-order valence-electron chi connectivity index (χ0n) is 15.4. The Hall–Kier alpha value is -4.24. The second-order valence-electron chi connectivity index (χ2n) is 6.57. The van der Waals surface area contributed by atoms with Gasteiger partial charge in [0.2, 0.25) is 0 Å². The van der Waals surface area contributed by atoms with Gasteiger partial charge in [-0.2, -0.15) is 10.4 Å². The van der Waals surface area contributed by atoms with Gasteiger partial charge < -0.3 is 0 Å². The highest BCUT2D eigenvalue weighted by Gasteiger charge is 2.18. The fraction of sp³-hybridized carbons (Fsp3) is 0.0435. The number of hydrogen-bond donors (Lipinski definition) is 0. The van der Waals surface area contributed by atoms with E-state index in [0.717, 1.165) is 16.7 Å². The van der Waals surface area contributed by atoms with Crippen molar-refractivity contribution in [3.8, 4) is 28.5 Å². The number of benzene rings is 3. The molecule has 1 heterocycles. The van der Waals surface area contributed by atoms with Crippen LogP contribution in [-0.2, 0) is 6.54 Å². The lowest BCUT2D eigenvalue weighted by molar-refractivity contribution is -0.384. The summed E-state index contributed by atoms with van der Waals surface area (Å²) in [5.74, 6) is 0. The molecule has 29 heavy (non-hydrogen) atoms. The van der Waals surface area contributed by atoms with Crippen molar-refractivity contribution in [2.24, 2.45) is 0 Å². The lowest BCUT2D eigenvalue weighted by Crippen LogP contribution is -2.01. The number of rotatable bonds is 5. The van der Waals surface area contributed by atoms with Crippen LogP contribution in [0.4, 0.5) is 5.69 Å². The quantitative estimate of drug-likeness (QED) is 0.358. The van der Waals surface area contributed by atoms with Crippen LogP contribution in [-0.4, -0.2) is 14.7 Å². The van der Waals surface area contributed by atoms with Gasteiger partial charge in [0.1, 0.15) is 0 Å². The van der Waals surface area contributed by atoms with E-state index >= 15 is 0 Å². The first-order valence-electron chi connectivity index (χ1n) is 9.01. The smallest absolute Gasteiger partial charge is 0.268 e. The van der Waals surface area contributed by atoms with Crippen LogP contribution in [0.3, 0.4) is 0 Å². The molecule has 0 radical (unpaired) electrons. The van der Waals surface area contributed by atoms with E-state index in [4.69, 9.17) is 5.26 Å². The molecule has 0 unspecified atom stereocenters. The number of nitro benzene ring substituents is 1. The Kier molecular flexibility index (Phi) is 4.87. The molecule has 140 valence electrons. The number of nitriles is 1. The molecule has 4 rings (SSSR count). The molecule has 0 atom stereocenters. The molecule has 1 aromatic heterocycles. The highest BCUT2D eigenvalue weighted by atomic mass is 16.6. The van der Waals surface area contributed by atoms with E-state index in [2.05, 4.69) is 11.2 Å². The van der Waals surface area contributed by atoms with Gasteiger partial charge in [0.05, 0.1) is 34.4 Å². The first-order valence-corrected chi connectivity index (χ1v) is 9.01. The molecular formula is C23H16N4O2. The molecule has 0 aliphatic carbocycles.